The van der Waals surface area contributed by atoms with Crippen LogP contribution in [0.5, 0.6) is 0 Å². The maximum Gasteiger partial charge on any atom is 0.137 e. The zero-order valence-electron chi connectivity index (χ0n) is 30.9. The summed E-state index contributed by atoms with van der Waals surface area (Å²) in [4.78, 5) is 2.33. The number of anilines is 3. The first-order valence-corrected chi connectivity index (χ1v) is 19.5. The molecule has 12 aromatic rings. The highest BCUT2D eigenvalue weighted by atomic mass is 16.3. The Kier molecular flexibility index (Phi) is 6.93. The van der Waals surface area contributed by atoms with Crippen molar-refractivity contribution in [1.29, 1.82) is 0 Å². The molecule has 0 saturated carbocycles. The van der Waals surface area contributed by atoms with E-state index in [0.717, 1.165) is 44.6 Å². The van der Waals surface area contributed by atoms with E-state index in [1.807, 2.05) is 6.07 Å². The normalized spacial score (nSPS) is 11.9. The van der Waals surface area contributed by atoms with E-state index in [9.17, 15) is 0 Å². The summed E-state index contributed by atoms with van der Waals surface area (Å²) < 4.78 is 9.05. The van der Waals surface area contributed by atoms with E-state index >= 15 is 0 Å². The first-order valence-electron chi connectivity index (χ1n) is 19.5. The second-order valence-corrected chi connectivity index (χ2v) is 14.9. The smallest absolute Gasteiger partial charge is 0.137 e. The van der Waals surface area contributed by atoms with Gasteiger partial charge < -0.3 is 13.7 Å². The molecule has 3 heterocycles. The molecule has 57 heavy (non-hydrogen) atoms. The summed E-state index contributed by atoms with van der Waals surface area (Å²) in [5, 5.41) is 7.36. The van der Waals surface area contributed by atoms with Crippen molar-refractivity contribution in [2.75, 3.05) is 4.90 Å². The third kappa shape index (κ3) is 4.99. The Bertz CT molecular complexity index is 3350. The van der Waals surface area contributed by atoms with Crippen LogP contribution < -0.4 is 4.90 Å². The quantitative estimate of drug-likeness (QED) is 0.170. The number of hydrogen-bond donors (Lipinski definition) is 0. The lowest BCUT2D eigenvalue weighted by molar-refractivity contribution is 0.669. The molecule has 0 radical (unpaired) electrons. The van der Waals surface area contributed by atoms with Gasteiger partial charge in [-0.1, -0.05) is 127 Å². The largest absolute Gasteiger partial charge is 0.456 e. The number of hydrogen-bond acceptors (Lipinski definition) is 2. The van der Waals surface area contributed by atoms with Crippen LogP contribution in [-0.4, -0.2) is 4.40 Å². The van der Waals surface area contributed by atoms with Crippen molar-refractivity contribution >= 4 is 77.1 Å². The monoisotopic (exact) mass is 726 g/mol. The van der Waals surface area contributed by atoms with Crippen LogP contribution in [0.4, 0.5) is 17.1 Å². The number of benzene rings is 9. The molecule has 266 valence electrons. The Balaban J connectivity index is 0.985. The van der Waals surface area contributed by atoms with E-state index in [1.165, 1.54) is 65.9 Å². The van der Waals surface area contributed by atoms with Crippen molar-refractivity contribution < 1.29 is 4.42 Å². The minimum atomic E-state index is 0.862. The molecule has 9 aromatic carbocycles. The highest BCUT2D eigenvalue weighted by molar-refractivity contribution is 6.24. The summed E-state index contributed by atoms with van der Waals surface area (Å²) in [6.07, 6.45) is 0. The number of fused-ring (bicyclic) bond motifs is 9. The molecule has 12 rings (SSSR count). The van der Waals surface area contributed by atoms with Crippen molar-refractivity contribution in [3.63, 3.8) is 0 Å². The van der Waals surface area contributed by atoms with Crippen LogP contribution in [0.3, 0.4) is 0 Å². The van der Waals surface area contributed by atoms with Gasteiger partial charge in [0.1, 0.15) is 11.2 Å². The summed E-state index contributed by atoms with van der Waals surface area (Å²) in [6, 6.07) is 74.3. The van der Waals surface area contributed by atoms with Crippen molar-refractivity contribution in [1.82, 2.24) is 4.40 Å². The van der Waals surface area contributed by atoms with Gasteiger partial charge in [-0.3, -0.25) is 0 Å². The average molecular weight is 727 g/mol. The molecule has 0 spiro atoms. The number of aromatic nitrogens is 1. The van der Waals surface area contributed by atoms with E-state index in [1.54, 1.807) is 0 Å². The number of para-hydroxylation sites is 2. The predicted molar refractivity (Wildman–Crippen MR) is 239 cm³/mol. The molecule has 3 nitrogen and oxygen atoms in total. The summed E-state index contributed by atoms with van der Waals surface area (Å²) in [5.41, 5.74) is 15.8. The van der Waals surface area contributed by atoms with Gasteiger partial charge in [-0.15, -0.1) is 0 Å². The zero-order valence-corrected chi connectivity index (χ0v) is 30.9. The van der Waals surface area contributed by atoms with Crippen molar-refractivity contribution in [3.8, 4) is 33.4 Å². The molecular formula is C54H34N2O. The number of nitrogens with zero attached hydrogens (tertiary/aromatic N) is 2. The van der Waals surface area contributed by atoms with Crippen LogP contribution in [0.2, 0.25) is 0 Å². The molecule has 0 bridgehead atoms. The fourth-order valence-corrected chi connectivity index (χ4v) is 9.01. The zero-order chi connectivity index (χ0) is 37.5. The number of rotatable bonds is 6. The molecule has 0 aliphatic heterocycles. The van der Waals surface area contributed by atoms with E-state index in [0.29, 0.717) is 0 Å². The summed E-state index contributed by atoms with van der Waals surface area (Å²) >= 11 is 0. The fraction of sp³-hybridized carbons (Fsp3) is 0. The van der Waals surface area contributed by atoms with E-state index in [4.69, 9.17) is 4.42 Å². The second kappa shape index (κ2) is 12.5. The van der Waals surface area contributed by atoms with Gasteiger partial charge in [0, 0.05) is 55.4 Å². The lowest BCUT2D eigenvalue weighted by atomic mass is 9.99. The lowest BCUT2D eigenvalue weighted by Crippen LogP contribution is -2.09. The van der Waals surface area contributed by atoms with Crippen LogP contribution in [0.25, 0.3) is 93.4 Å². The molecule has 0 amide bonds. The average Bonchev–Trinajstić information content (AvgIpc) is 3.94. The minimum Gasteiger partial charge on any atom is -0.456 e. The summed E-state index contributed by atoms with van der Waals surface area (Å²) in [7, 11) is 0. The highest BCUT2D eigenvalue weighted by Crippen LogP contribution is 2.43. The molecular weight excluding hydrogens is 693 g/mol. The molecule has 0 N–H and O–H groups in total. The van der Waals surface area contributed by atoms with E-state index < -0.39 is 0 Å². The molecule has 0 aliphatic carbocycles. The Morgan fingerprint density at radius 3 is 1.33 bits per heavy atom. The van der Waals surface area contributed by atoms with E-state index in [2.05, 4.69) is 209 Å². The summed E-state index contributed by atoms with van der Waals surface area (Å²) in [6.45, 7) is 0. The maximum absolute atomic E-state index is 6.61. The Morgan fingerprint density at radius 2 is 0.737 bits per heavy atom. The van der Waals surface area contributed by atoms with Crippen LogP contribution in [0.15, 0.2) is 211 Å². The van der Waals surface area contributed by atoms with Gasteiger partial charge in [0.2, 0.25) is 0 Å². The topological polar surface area (TPSA) is 20.8 Å². The molecule has 3 aromatic heterocycles. The van der Waals surface area contributed by atoms with Crippen LogP contribution in [0.1, 0.15) is 0 Å². The summed E-state index contributed by atoms with van der Waals surface area (Å²) in [5.74, 6) is 0. The highest BCUT2D eigenvalue weighted by Gasteiger charge is 2.20. The Hall–Kier alpha value is -7.62. The first-order chi connectivity index (χ1) is 28.2. The van der Waals surface area contributed by atoms with Gasteiger partial charge in [0.15, 0.2) is 0 Å². The van der Waals surface area contributed by atoms with Gasteiger partial charge in [0.05, 0.1) is 16.6 Å². The van der Waals surface area contributed by atoms with Crippen molar-refractivity contribution in [3.05, 3.63) is 206 Å². The molecule has 0 aliphatic rings. The van der Waals surface area contributed by atoms with E-state index in [-0.39, 0.29) is 0 Å². The SMILES string of the molecule is c1ccc(-c2ccc(N(c3ccc(-c4cc5c6ccccc6n6c7ccccc7c(c4)c56)cc3)c3ccc4c(c3)oc3cc(-c5ccccc5)ccc34)cc2)cc1. The Morgan fingerprint density at radius 1 is 0.298 bits per heavy atom. The van der Waals surface area contributed by atoms with Gasteiger partial charge in [-0.05, 0) is 106 Å². The Labute approximate surface area is 329 Å². The van der Waals surface area contributed by atoms with Crippen LogP contribution >= 0.6 is 0 Å². The molecule has 0 saturated heterocycles. The van der Waals surface area contributed by atoms with Crippen molar-refractivity contribution in [2.45, 2.75) is 0 Å². The van der Waals surface area contributed by atoms with Gasteiger partial charge >= 0.3 is 0 Å². The first kappa shape index (κ1) is 31.7. The minimum absolute atomic E-state index is 0.862. The second-order valence-electron chi connectivity index (χ2n) is 14.9. The standard InChI is InChI=1S/C54H34N2O/c1-3-11-35(12-4-1)37-19-24-41(25-20-37)55(43-28-30-47-46-29-23-39(36-13-5-2-6-14-36)33-52(46)57-53(47)34-43)42-26-21-38(22-27-42)40-31-48-44-15-7-9-17-50(44)56-51-18-10-8-16-45(51)49(32-40)54(48)56/h1-34H. The fourth-order valence-electron chi connectivity index (χ4n) is 9.01. The van der Waals surface area contributed by atoms with Gasteiger partial charge in [-0.2, -0.15) is 0 Å². The van der Waals surface area contributed by atoms with Gasteiger partial charge in [0.25, 0.3) is 0 Å². The molecule has 0 unspecified atom stereocenters. The maximum atomic E-state index is 6.61. The third-order valence-electron chi connectivity index (χ3n) is 11.7. The molecule has 0 fully saturated rings. The van der Waals surface area contributed by atoms with Crippen molar-refractivity contribution in [2.24, 2.45) is 0 Å². The van der Waals surface area contributed by atoms with Crippen LogP contribution in [0, 0.1) is 0 Å². The third-order valence-corrected chi connectivity index (χ3v) is 11.7. The molecule has 3 heteroatoms. The van der Waals surface area contributed by atoms with Crippen LogP contribution in [-0.2, 0) is 0 Å². The predicted octanol–water partition coefficient (Wildman–Crippen LogP) is 15.2. The van der Waals surface area contributed by atoms with Gasteiger partial charge in [-0.25, -0.2) is 0 Å². The number of furan rings is 1. The lowest BCUT2D eigenvalue weighted by Gasteiger charge is -2.26. The molecule has 0 atom stereocenters.